The lowest BCUT2D eigenvalue weighted by Gasteiger charge is -2.16. The fraction of sp³-hybridized carbons (Fsp3) is 0.200. The summed E-state index contributed by atoms with van der Waals surface area (Å²) in [5.41, 5.74) is 3.28. The lowest BCUT2D eigenvalue weighted by molar-refractivity contribution is -0.130. The Morgan fingerprint density at radius 2 is 1.80 bits per heavy atom. The Bertz CT molecular complexity index is 928. The van der Waals surface area contributed by atoms with Gasteiger partial charge in [-0.3, -0.25) is 9.59 Å². The normalized spacial score (nSPS) is 12.0. The van der Waals surface area contributed by atoms with Crippen LogP contribution in [0.15, 0.2) is 39.4 Å². The van der Waals surface area contributed by atoms with Crippen LogP contribution in [0.25, 0.3) is 0 Å². The topological polar surface area (TPSA) is 127 Å². The summed E-state index contributed by atoms with van der Waals surface area (Å²) in [6.45, 7) is 2.46. The van der Waals surface area contributed by atoms with E-state index in [-0.39, 0.29) is 19.7 Å². The summed E-state index contributed by atoms with van der Waals surface area (Å²) in [6.07, 6.45) is 0. The molecule has 2 amide bonds. The van der Waals surface area contributed by atoms with Crippen molar-refractivity contribution in [2.24, 2.45) is 5.73 Å². The highest BCUT2D eigenvalue weighted by atomic mass is 32.2. The van der Waals surface area contributed by atoms with Gasteiger partial charge in [0.25, 0.3) is 11.8 Å². The van der Waals surface area contributed by atoms with Gasteiger partial charge >= 0.3 is 0 Å². The third-order valence-electron chi connectivity index (χ3n) is 3.15. The summed E-state index contributed by atoms with van der Waals surface area (Å²) in [7, 11) is -4.03. The minimum Gasteiger partial charge on any atom is -0.381 e. The highest BCUT2D eigenvalue weighted by molar-refractivity contribution is 7.93. The molecule has 0 bridgehead atoms. The van der Waals surface area contributed by atoms with Gasteiger partial charge in [-0.25, -0.2) is 12.8 Å². The molecular weight excluding hydrogens is 371 g/mol. The van der Waals surface area contributed by atoms with Gasteiger partial charge in [-0.1, -0.05) is 0 Å². The number of nitrogens with two attached hydrogens (primary N) is 1. The number of hydrogen-bond acceptors (Lipinski definition) is 6. The molecule has 2 aromatic rings. The van der Waals surface area contributed by atoms with Crippen molar-refractivity contribution in [3.05, 3.63) is 41.7 Å². The number of carbonyl (C=O) groups excluding carboxylic acids is 2. The summed E-state index contributed by atoms with van der Waals surface area (Å²) in [4.78, 5) is 23.2. The first kappa shape index (κ1) is 19.0. The number of anilines is 1. The zero-order valence-corrected chi connectivity index (χ0v) is 14.9. The first-order valence-electron chi connectivity index (χ1n) is 6.91. The van der Waals surface area contributed by atoms with E-state index in [0.717, 1.165) is 30.3 Å². The van der Waals surface area contributed by atoms with Gasteiger partial charge in [0.05, 0.1) is 10.5 Å². The summed E-state index contributed by atoms with van der Waals surface area (Å²) in [5, 5.41) is 11.9. The Morgan fingerprint density at radius 3 is 2.28 bits per heavy atom. The molecule has 0 radical (unpaired) electrons. The van der Waals surface area contributed by atoms with Crippen LogP contribution in [0.3, 0.4) is 0 Å². The minimum absolute atomic E-state index is 0.0969. The smallest absolute Gasteiger partial charge is 0.256 e. The molecule has 0 aliphatic heterocycles. The number of benzene rings is 1. The fourth-order valence-corrected chi connectivity index (χ4v) is 4.53. The molecular formula is C15H15FN2O5S2. The van der Waals surface area contributed by atoms with Crippen molar-refractivity contribution in [3.63, 3.8) is 0 Å². The lowest BCUT2D eigenvalue weighted by atomic mass is 10.1. The van der Waals surface area contributed by atoms with Crippen LogP contribution in [0, 0.1) is 5.82 Å². The summed E-state index contributed by atoms with van der Waals surface area (Å²) in [5.74, 6) is -2.37. The van der Waals surface area contributed by atoms with E-state index in [1.165, 1.54) is 13.8 Å². The average Bonchev–Trinajstić information content (AvgIpc) is 2.91. The highest BCUT2D eigenvalue weighted by Crippen LogP contribution is 2.35. The molecule has 0 spiro atoms. The van der Waals surface area contributed by atoms with E-state index in [1.54, 1.807) is 0 Å². The summed E-state index contributed by atoms with van der Waals surface area (Å²) >= 11 is 0.613. The monoisotopic (exact) mass is 386 g/mol. The second-order valence-electron chi connectivity index (χ2n) is 5.64. The van der Waals surface area contributed by atoms with E-state index in [2.05, 4.69) is 5.32 Å². The second-order valence-corrected chi connectivity index (χ2v) is 8.87. The minimum atomic E-state index is -4.03. The Hall–Kier alpha value is -2.30. The summed E-state index contributed by atoms with van der Waals surface area (Å²) in [6, 6.07) is 5.19. The Labute approximate surface area is 147 Å². The van der Waals surface area contributed by atoms with Gasteiger partial charge in [0.1, 0.15) is 20.6 Å². The number of primary amides is 1. The number of amides is 2. The van der Waals surface area contributed by atoms with Crippen LogP contribution in [-0.2, 0) is 14.6 Å². The molecule has 7 nitrogen and oxygen atoms in total. The van der Waals surface area contributed by atoms with Crippen LogP contribution in [0.5, 0.6) is 0 Å². The van der Waals surface area contributed by atoms with E-state index in [0.29, 0.717) is 11.3 Å². The van der Waals surface area contributed by atoms with Crippen molar-refractivity contribution in [3.8, 4) is 0 Å². The maximum atomic E-state index is 13.0. The molecule has 1 aromatic carbocycles. The first-order valence-corrected chi connectivity index (χ1v) is 9.21. The van der Waals surface area contributed by atoms with Crippen molar-refractivity contribution >= 4 is 38.0 Å². The third kappa shape index (κ3) is 4.03. The molecule has 0 saturated heterocycles. The van der Waals surface area contributed by atoms with Crippen LogP contribution in [0.2, 0.25) is 0 Å². The predicted molar refractivity (Wildman–Crippen MR) is 89.6 cm³/mol. The molecule has 10 heteroatoms. The van der Waals surface area contributed by atoms with Gasteiger partial charge in [0.2, 0.25) is 9.84 Å². The van der Waals surface area contributed by atoms with Crippen LogP contribution in [0.1, 0.15) is 24.2 Å². The van der Waals surface area contributed by atoms with E-state index in [4.69, 9.17) is 5.73 Å². The van der Waals surface area contributed by atoms with Crippen molar-refractivity contribution in [1.82, 2.24) is 0 Å². The lowest BCUT2D eigenvalue weighted by Crippen LogP contribution is -2.36. The Morgan fingerprint density at radius 1 is 1.24 bits per heavy atom. The molecule has 0 fully saturated rings. The van der Waals surface area contributed by atoms with Gasteiger partial charge in [-0.15, -0.1) is 11.3 Å². The largest absolute Gasteiger partial charge is 0.381 e. The molecule has 25 heavy (non-hydrogen) atoms. The Kier molecular flexibility index (Phi) is 4.98. The molecule has 0 atom stereocenters. The van der Waals surface area contributed by atoms with E-state index >= 15 is 0 Å². The number of sulfone groups is 1. The molecule has 0 aliphatic rings. The maximum absolute atomic E-state index is 13.0. The van der Waals surface area contributed by atoms with Crippen LogP contribution >= 0.6 is 11.3 Å². The molecule has 134 valence electrons. The molecule has 0 unspecified atom stereocenters. The third-order valence-corrected chi connectivity index (χ3v) is 6.44. The number of carbonyl (C=O) groups is 2. The highest BCUT2D eigenvalue weighted by Gasteiger charge is 2.29. The van der Waals surface area contributed by atoms with E-state index in [9.17, 15) is 27.5 Å². The van der Waals surface area contributed by atoms with Crippen LogP contribution in [0.4, 0.5) is 9.39 Å². The molecule has 4 N–H and O–H groups in total. The number of nitrogens with one attached hydrogen (secondary N) is 1. The molecule has 0 aliphatic carbocycles. The fourth-order valence-electron chi connectivity index (χ4n) is 1.76. The van der Waals surface area contributed by atoms with Crippen LogP contribution in [-0.4, -0.2) is 30.9 Å². The number of hydrogen-bond donors (Lipinski definition) is 3. The molecule has 0 saturated carbocycles. The van der Waals surface area contributed by atoms with Crippen molar-refractivity contribution in [2.45, 2.75) is 28.6 Å². The van der Waals surface area contributed by atoms with Gasteiger partial charge in [-0.2, -0.15) is 0 Å². The number of rotatable bonds is 5. The van der Waals surface area contributed by atoms with Crippen LogP contribution < -0.4 is 11.1 Å². The van der Waals surface area contributed by atoms with E-state index < -0.39 is 33.1 Å². The molecule has 1 heterocycles. The molecule has 1 aromatic heterocycles. The van der Waals surface area contributed by atoms with Gasteiger partial charge in [0.15, 0.2) is 0 Å². The molecule has 2 rings (SSSR count). The first-order chi connectivity index (χ1) is 11.4. The van der Waals surface area contributed by atoms with E-state index in [1.807, 2.05) is 0 Å². The zero-order valence-electron chi connectivity index (χ0n) is 13.2. The predicted octanol–water partition coefficient (Wildman–Crippen LogP) is 1.53. The van der Waals surface area contributed by atoms with Crippen molar-refractivity contribution in [2.75, 3.05) is 5.32 Å². The maximum Gasteiger partial charge on any atom is 0.256 e. The van der Waals surface area contributed by atoms with Gasteiger partial charge < -0.3 is 16.2 Å². The standard InChI is InChI=1S/C15H15FN2O5S2/c1-15(2,21)14(20)18-13-10(12(17)19)7-11(24-13)25(22,23)9-5-3-8(16)4-6-9/h3-7,21H,1-2H3,(H2,17,19)(H,18,20). The Balaban J connectivity index is 2.50. The quantitative estimate of drug-likeness (QED) is 0.672. The number of halogens is 1. The van der Waals surface area contributed by atoms with Crippen molar-refractivity contribution in [1.29, 1.82) is 0 Å². The zero-order chi connectivity index (χ0) is 19.0. The number of thiophene rings is 1. The average molecular weight is 386 g/mol. The van der Waals surface area contributed by atoms with Crippen molar-refractivity contribution < 1.29 is 27.5 Å². The number of aliphatic hydroxyl groups is 1. The van der Waals surface area contributed by atoms with Gasteiger partial charge in [-0.05, 0) is 44.2 Å². The van der Waals surface area contributed by atoms with Gasteiger partial charge in [0, 0.05) is 0 Å². The SMILES string of the molecule is CC(C)(O)C(=O)Nc1sc(S(=O)(=O)c2ccc(F)cc2)cc1C(N)=O. The second kappa shape index (κ2) is 6.54. The summed E-state index contributed by atoms with van der Waals surface area (Å²) < 4.78 is 37.9.